The summed E-state index contributed by atoms with van der Waals surface area (Å²) >= 11 is 2.68. The van der Waals surface area contributed by atoms with Crippen LogP contribution < -0.4 is 10.6 Å². The van der Waals surface area contributed by atoms with Gasteiger partial charge in [-0.05, 0) is 75.2 Å². The van der Waals surface area contributed by atoms with Gasteiger partial charge in [-0.1, -0.05) is 53.4 Å². The van der Waals surface area contributed by atoms with Crippen LogP contribution in [-0.2, 0) is 29.1 Å². The maximum atomic E-state index is 13.5. The zero-order valence-electron chi connectivity index (χ0n) is 21.6. The van der Waals surface area contributed by atoms with Gasteiger partial charge in [0.05, 0.1) is 12.3 Å². The van der Waals surface area contributed by atoms with Gasteiger partial charge in [-0.15, -0.1) is 20.4 Å². The van der Waals surface area contributed by atoms with Crippen molar-refractivity contribution in [3.63, 3.8) is 0 Å². The average molecular weight is 552 g/mol. The van der Waals surface area contributed by atoms with Crippen molar-refractivity contribution in [2.75, 3.05) is 11.1 Å². The second-order valence-corrected chi connectivity index (χ2v) is 13.3. The number of carbonyl (C=O) groups excluding carboxylic acids is 2. The molecule has 2 aromatic heterocycles. The molecule has 9 nitrogen and oxygen atoms in total. The normalized spacial score (nSPS) is 25.4. The lowest BCUT2D eigenvalue weighted by atomic mass is 9.49. The molecule has 4 fully saturated rings. The topological polar surface area (TPSA) is 115 Å². The Hall–Kier alpha value is -2.79. The zero-order valence-corrected chi connectivity index (χ0v) is 23.2. The highest BCUT2D eigenvalue weighted by molar-refractivity contribution is 7.99. The molecule has 11 heteroatoms. The first-order valence-electron chi connectivity index (χ1n) is 13.4. The van der Waals surface area contributed by atoms with E-state index in [9.17, 15) is 9.59 Å². The van der Waals surface area contributed by atoms with Crippen LogP contribution in [-0.4, -0.2) is 42.5 Å². The maximum Gasteiger partial charge on any atom is 0.236 e. The highest BCUT2D eigenvalue weighted by Crippen LogP contribution is 2.60. The molecule has 0 radical (unpaired) electrons. The monoisotopic (exact) mass is 551 g/mol. The standard InChI is InChI=1S/C27H33N7O2S2/c1-17-30-32-25(38-17)29-23(35)16-37-26-33-31-22(34(26)8-7-18-5-3-2-4-6-18)15-28-24(36)27-12-19-9-20(13-27)11-21(10-19)14-27/h2-6,19-21H,7-16H2,1H3,(H,28,36)(H,29,32,35). The molecule has 0 saturated heterocycles. The van der Waals surface area contributed by atoms with Crippen LogP contribution in [0.3, 0.4) is 0 Å². The number of rotatable bonds is 10. The largest absolute Gasteiger partial charge is 0.348 e. The number of hydrogen-bond donors (Lipinski definition) is 2. The third kappa shape index (κ3) is 5.49. The molecule has 0 atom stereocenters. The Bertz CT molecular complexity index is 1270. The molecule has 7 rings (SSSR count). The average Bonchev–Trinajstić information content (AvgIpc) is 3.49. The summed E-state index contributed by atoms with van der Waals surface area (Å²) in [6.45, 7) is 2.86. The van der Waals surface area contributed by atoms with Crippen molar-refractivity contribution in [3.05, 3.63) is 46.7 Å². The Balaban J connectivity index is 1.13. The maximum absolute atomic E-state index is 13.5. The van der Waals surface area contributed by atoms with Gasteiger partial charge in [0.2, 0.25) is 16.9 Å². The molecule has 0 unspecified atom stereocenters. The Morgan fingerprint density at radius 2 is 1.74 bits per heavy atom. The fourth-order valence-corrected chi connectivity index (χ4v) is 8.43. The number of nitrogens with one attached hydrogen (secondary N) is 2. The SMILES string of the molecule is Cc1nnc(NC(=O)CSc2nnc(CNC(=O)C34CC5CC(CC(C5)C3)C4)n2CCc2ccccc2)s1. The second-order valence-electron chi connectivity index (χ2n) is 11.1. The third-order valence-electron chi connectivity index (χ3n) is 8.29. The molecule has 1 aromatic carbocycles. The van der Waals surface area contributed by atoms with E-state index in [0.29, 0.717) is 23.4 Å². The summed E-state index contributed by atoms with van der Waals surface area (Å²) in [5, 5.41) is 24.7. The summed E-state index contributed by atoms with van der Waals surface area (Å²) in [5.74, 6) is 3.10. The molecule has 3 aromatic rings. The van der Waals surface area contributed by atoms with Gasteiger partial charge in [0.15, 0.2) is 11.0 Å². The molecule has 2 heterocycles. The van der Waals surface area contributed by atoms with Crippen molar-refractivity contribution in [1.29, 1.82) is 0 Å². The minimum Gasteiger partial charge on any atom is -0.348 e. The molecule has 0 spiro atoms. The summed E-state index contributed by atoms with van der Waals surface area (Å²) in [5.41, 5.74) is 1.02. The van der Waals surface area contributed by atoms with E-state index in [2.05, 4.69) is 43.2 Å². The first kappa shape index (κ1) is 25.5. The Morgan fingerprint density at radius 1 is 1.03 bits per heavy atom. The lowest BCUT2D eigenvalue weighted by molar-refractivity contribution is -0.146. The van der Waals surface area contributed by atoms with Crippen LogP contribution in [0, 0.1) is 30.1 Å². The quantitative estimate of drug-likeness (QED) is 0.362. The van der Waals surface area contributed by atoms with Crippen LogP contribution in [0.4, 0.5) is 5.13 Å². The van der Waals surface area contributed by atoms with Crippen molar-refractivity contribution in [2.24, 2.45) is 23.2 Å². The van der Waals surface area contributed by atoms with E-state index in [4.69, 9.17) is 0 Å². The summed E-state index contributed by atoms with van der Waals surface area (Å²) in [7, 11) is 0. The summed E-state index contributed by atoms with van der Waals surface area (Å²) in [4.78, 5) is 26.0. The molecular weight excluding hydrogens is 518 g/mol. The number of benzene rings is 1. The molecule has 38 heavy (non-hydrogen) atoms. The molecule has 2 amide bonds. The Morgan fingerprint density at radius 3 is 2.39 bits per heavy atom. The molecule has 4 aliphatic carbocycles. The van der Waals surface area contributed by atoms with E-state index in [1.165, 1.54) is 47.9 Å². The van der Waals surface area contributed by atoms with E-state index < -0.39 is 0 Å². The summed E-state index contributed by atoms with van der Waals surface area (Å²) < 4.78 is 2.04. The minimum absolute atomic E-state index is 0.166. The van der Waals surface area contributed by atoms with Gasteiger partial charge in [-0.2, -0.15) is 0 Å². The van der Waals surface area contributed by atoms with Gasteiger partial charge in [-0.3, -0.25) is 14.9 Å². The van der Waals surface area contributed by atoms with Gasteiger partial charge >= 0.3 is 0 Å². The van der Waals surface area contributed by atoms with Gasteiger partial charge < -0.3 is 9.88 Å². The Labute approximate surface area is 230 Å². The molecule has 0 aliphatic heterocycles. The van der Waals surface area contributed by atoms with Crippen LogP contribution in [0.2, 0.25) is 0 Å². The number of hydrogen-bond acceptors (Lipinski definition) is 8. The van der Waals surface area contributed by atoms with Crippen LogP contribution in [0.25, 0.3) is 0 Å². The van der Waals surface area contributed by atoms with Crippen molar-refractivity contribution in [2.45, 2.75) is 70.1 Å². The van der Waals surface area contributed by atoms with E-state index in [1.54, 1.807) is 0 Å². The molecule has 4 bridgehead atoms. The predicted octanol–water partition coefficient (Wildman–Crippen LogP) is 4.24. The molecule has 200 valence electrons. The van der Waals surface area contributed by atoms with E-state index in [1.807, 2.05) is 29.7 Å². The number of carbonyl (C=O) groups is 2. The smallest absolute Gasteiger partial charge is 0.236 e. The van der Waals surface area contributed by atoms with Crippen LogP contribution in [0.15, 0.2) is 35.5 Å². The molecule has 4 saturated carbocycles. The highest BCUT2D eigenvalue weighted by atomic mass is 32.2. The summed E-state index contributed by atoms with van der Waals surface area (Å²) in [6, 6.07) is 10.3. The Kier molecular flexibility index (Phi) is 7.22. The fraction of sp³-hybridized carbons (Fsp3) is 0.556. The van der Waals surface area contributed by atoms with Crippen LogP contribution in [0.5, 0.6) is 0 Å². The van der Waals surface area contributed by atoms with Crippen molar-refractivity contribution < 1.29 is 9.59 Å². The lowest BCUT2D eigenvalue weighted by Gasteiger charge is -2.55. The third-order valence-corrected chi connectivity index (χ3v) is 10.0. The predicted molar refractivity (Wildman–Crippen MR) is 147 cm³/mol. The van der Waals surface area contributed by atoms with E-state index >= 15 is 0 Å². The zero-order chi connectivity index (χ0) is 26.1. The van der Waals surface area contributed by atoms with Crippen LogP contribution >= 0.6 is 23.1 Å². The fourth-order valence-electron chi connectivity index (χ4n) is 7.03. The molecule has 2 N–H and O–H groups in total. The molecular formula is C27H33N7O2S2. The first-order valence-corrected chi connectivity index (χ1v) is 15.2. The van der Waals surface area contributed by atoms with Gasteiger partial charge in [0.1, 0.15) is 5.01 Å². The van der Waals surface area contributed by atoms with E-state index in [0.717, 1.165) is 54.3 Å². The van der Waals surface area contributed by atoms with Gasteiger partial charge in [0, 0.05) is 12.0 Å². The number of nitrogens with zero attached hydrogens (tertiary/aromatic N) is 5. The molecule has 4 aliphatic rings. The first-order chi connectivity index (χ1) is 18.5. The minimum atomic E-state index is -0.192. The van der Waals surface area contributed by atoms with E-state index in [-0.39, 0.29) is 23.0 Å². The van der Waals surface area contributed by atoms with Crippen LogP contribution in [0.1, 0.15) is 54.9 Å². The second kappa shape index (κ2) is 10.8. The summed E-state index contributed by atoms with van der Waals surface area (Å²) in [6.07, 6.45) is 7.85. The number of thioether (sulfide) groups is 1. The van der Waals surface area contributed by atoms with Crippen molar-refractivity contribution in [1.82, 2.24) is 30.3 Å². The number of anilines is 1. The lowest BCUT2D eigenvalue weighted by Crippen LogP contribution is -2.53. The van der Waals surface area contributed by atoms with Gasteiger partial charge in [0.25, 0.3) is 0 Å². The highest BCUT2D eigenvalue weighted by Gasteiger charge is 2.54. The van der Waals surface area contributed by atoms with Crippen molar-refractivity contribution >= 4 is 40.0 Å². The number of aryl methyl sites for hydroxylation is 2. The van der Waals surface area contributed by atoms with Gasteiger partial charge in [-0.25, -0.2) is 0 Å². The number of aromatic nitrogens is 5. The number of amides is 2. The van der Waals surface area contributed by atoms with Crippen molar-refractivity contribution in [3.8, 4) is 0 Å².